The van der Waals surface area contributed by atoms with Crippen molar-refractivity contribution in [1.29, 1.82) is 0 Å². The summed E-state index contributed by atoms with van der Waals surface area (Å²) in [4.78, 5) is 13.0. The Labute approximate surface area is 291 Å². The van der Waals surface area contributed by atoms with Gasteiger partial charge in [-0.1, -0.05) is 47.7 Å². The smallest absolute Gasteiger partial charge is 0.385 e. The van der Waals surface area contributed by atoms with Crippen LogP contribution in [0.25, 0.3) is 11.0 Å². The van der Waals surface area contributed by atoms with Crippen molar-refractivity contribution in [3.63, 3.8) is 0 Å². The second-order valence-electron chi connectivity index (χ2n) is 12.3. The number of carbonyl (C=O) groups excluding carboxylic acids is 1. The summed E-state index contributed by atoms with van der Waals surface area (Å²) in [5, 5.41) is 28.4. The molecule has 50 heavy (non-hydrogen) atoms. The highest BCUT2D eigenvalue weighted by atomic mass is 32.2. The minimum atomic E-state index is -4.09. The number of aliphatic hydroxyl groups is 1. The van der Waals surface area contributed by atoms with Gasteiger partial charge in [-0.2, -0.15) is 12.7 Å². The number of aliphatic hydroxyl groups excluding tert-OH is 1. The standard InChI is InChI=1S/C37H40N4O8S/c1-4-47-36(44)20-32(26-11-10-24(2)28(18-26)21-40-22-29-19-30(43)12-15-35(29)49-50(40,45)46)31-13-14-33-37(25(31)3)38-39-41(33)16-7-17-48-34-9-6-5-8-27(34)23-42/h5-6,8-15,18-19,32,42-43H,4,7,16-17,20-23H2,1-3H3. The summed E-state index contributed by atoms with van der Waals surface area (Å²) in [6.07, 6.45) is 0.739. The number of aromatic nitrogens is 3. The Balaban J connectivity index is 1.26. The molecule has 1 aromatic heterocycles. The van der Waals surface area contributed by atoms with Gasteiger partial charge in [-0.05, 0) is 78.9 Å². The lowest BCUT2D eigenvalue weighted by atomic mass is 9.84. The number of para-hydroxylation sites is 1. The van der Waals surface area contributed by atoms with E-state index in [1.807, 2.05) is 73.1 Å². The normalized spacial score (nSPS) is 14.6. The Morgan fingerprint density at radius 2 is 1.86 bits per heavy atom. The maximum atomic E-state index is 13.1. The fourth-order valence-corrected chi connectivity index (χ4v) is 7.39. The van der Waals surface area contributed by atoms with Crippen molar-refractivity contribution in [3.8, 4) is 17.2 Å². The number of fused-ring (bicyclic) bond motifs is 2. The molecule has 0 fully saturated rings. The number of aromatic hydroxyl groups is 1. The van der Waals surface area contributed by atoms with Crippen molar-refractivity contribution in [2.45, 2.75) is 65.8 Å². The van der Waals surface area contributed by atoms with Crippen LogP contribution in [0.1, 0.15) is 64.6 Å². The molecule has 1 atom stereocenters. The van der Waals surface area contributed by atoms with Crippen LogP contribution in [0.5, 0.6) is 17.2 Å². The quantitative estimate of drug-likeness (QED) is 0.120. The van der Waals surface area contributed by atoms with Gasteiger partial charge in [0.25, 0.3) is 0 Å². The number of aryl methyl sites for hydroxylation is 3. The van der Waals surface area contributed by atoms with Crippen LogP contribution in [0.15, 0.2) is 72.8 Å². The van der Waals surface area contributed by atoms with Gasteiger partial charge in [0.2, 0.25) is 0 Å². The average molecular weight is 701 g/mol. The lowest BCUT2D eigenvalue weighted by Crippen LogP contribution is -2.37. The number of phenols is 1. The highest BCUT2D eigenvalue weighted by Gasteiger charge is 2.32. The molecule has 0 amide bonds. The van der Waals surface area contributed by atoms with Crippen LogP contribution < -0.4 is 8.92 Å². The molecular weight excluding hydrogens is 660 g/mol. The van der Waals surface area contributed by atoms with Crippen LogP contribution >= 0.6 is 0 Å². The number of esters is 1. The van der Waals surface area contributed by atoms with Gasteiger partial charge >= 0.3 is 16.3 Å². The summed E-state index contributed by atoms with van der Waals surface area (Å²) in [6, 6.07) is 21.5. The van der Waals surface area contributed by atoms with Gasteiger partial charge in [0.05, 0.1) is 31.8 Å². The Bertz CT molecular complexity index is 2130. The molecule has 262 valence electrons. The third-order valence-corrected chi connectivity index (χ3v) is 10.3. The van der Waals surface area contributed by atoms with Crippen LogP contribution in [-0.4, -0.2) is 57.1 Å². The first kappa shape index (κ1) is 34.9. The number of carbonyl (C=O) groups is 1. The molecule has 6 rings (SSSR count). The van der Waals surface area contributed by atoms with E-state index in [-0.39, 0.29) is 50.2 Å². The molecule has 0 spiro atoms. The molecule has 0 aliphatic carbocycles. The highest BCUT2D eigenvalue weighted by Crippen LogP contribution is 2.36. The zero-order valence-electron chi connectivity index (χ0n) is 28.2. The van der Waals surface area contributed by atoms with Crippen molar-refractivity contribution in [2.24, 2.45) is 0 Å². The van der Waals surface area contributed by atoms with Gasteiger partial charge in [0, 0.05) is 43.1 Å². The first-order valence-corrected chi connectivity index (χ1v) is 17.8. The van der Waals surface area contributed by atoms with Gasteiger partial charge in [0.15, 0.2) is 0 Å². The van der Waals surface area contributed by atoms with E-state index in [4.69, 9.17) is 13.7 Å². The number of nitrogens with zero attached hydrogens (tertiary/aromatic N) is 4. The number of benzene rings is 4. The van der Waals surface area contributed by atoms with E-state index in [1.54, 1.807) is 6.92 Å². The maximum absolute atomic E-state index is 13.1. The predicted molar refractivity (Wildman–Crippen MR) is 186 cm³/mol. The number of ether oxygens (including phenoxy) is 2. The number of rotatable bonds is 13. The van der Waals surface area contributed by atoms with Crippen molar-refractivity contribution < 1.29 is 37.1 Å². The fourth-order valence-electron chi connectivity index (χ4n) is 6.30. The molecule has 13 heteroatoms. The summed E-state index contributed by atoms with van der Waals surface area (Å²) in [5.74, 6) is 0.110. The molecule has 5 aromatic rings. The minimum Gasteiger partial charge on any atom is -0.508 e. The number of hydrogen-bond donors (Lipinski definition) is 2. The van der Waals surface area contributed by atoms with E-state index < -0.39 is 16.2 Å². The van der Waals surface area contributed by atoms with E-state index in [2.05, 4.69) is 10.3 Å². The van der Waals surface area contributed by atoms with E-state index in [9.17, 15) is 23.4 Å². The van der Waals surface area contributed by atoms with Gasteiger partial charge < -0.3 is 23.9 Å². The van der Waals surface area contributed by atoms with Gasteiger partial charge in [0.1, 0.15) is 22.8 Å². The van der Waals surface area contributed by atoms with Gasteiger partial charge in [-0.25, -0.2) is 4.68 Å². The summed E-state index contributed by atoms with van der Waals surface area (Å²) in [5.41, 5.74) is 7.07. The molecule has 0 saturated carbocycles. The molecule has 1 unspecified atom stereocenters. The molecule has 2 heterocycles. The van der Waals surface area contributed by atoms with Crippen LogP contribution in [0.3, 0.4) is 0 Å². The largest absolute Gasteiger partial charge is 0.508 e. The first-order valence-electron chi connectivity index (χ1n) is 16.5. The van der Waals surface area contributed by atoms with E-state index >= 15 is 0 Å². The Hall–Kier alpha value is -4.98. The average Bonchev–Trinajstić information content (AvgIpc) is 3.51. The van der Waals surface area contributed by atoms with E-state index in [1.165, 1.54) is 22.5 Å². The third-order valence-electron chi connectivity index (χ3n) is 8.97. The molecule has 4 aromatic carbocycles. The summed E-state index contributed by atoms with van der Waals surface area (Å²) in [7, 11) is -4.09. The highest BCUT2D eigenvalue weighted by molar-refractivity contribution is 7.84. The lowest BCUT2D eigenvalue weighted by Gasteiger charge is -2.28. The Morgan fingerprint density at radius 1 is 1.04 bits per heavy atom. The summed E-state index contributed by atoms with van der Waals surface area (Å²) < 4.78 is 45.9. The number of phenolic OH excluding ortho intramolecular Hbond substituents is 1. The van der Waals surface area contributed by atoms with E-state index in [0.717, 1.165) is 38.9 Å². The Kier molecular flexibility index (Phi) is 10.4. The first-order chi connectivity index (χ1) is 24.1. The van der Waals surface area contributed by atoms with Crippen LogP contribution in [0.2, 0.25) is 0 Å². The summed E-state index contributed by atoms with van der Waals surface area (Å²) >= 11 is 0. The van der Waals surface area contributed by atoms with Crippen LogP contribution in [0, 0.1) is 13.8 Å². The van der Waals surface area contributed by atoms with E-state index in [0.29, 0.717) is 36.4 Å². The maximum Gasteiger partial charge on any atom is 0.385 e. The van der Waals surface area contributed by atoms with Crippen LogP contribution in [-0.2, 0) is 46.1 Å². The second kappa shape index (κ2) is 14.9. The topological polar surface area (TPSA) is 153 Å². The molecule has 1 aliphatic heterocycles. The Morgan fingerprint density at radius 3 is 2.66 bits per heavy atom. The molecular formula is C37H40N4O8S. The van der Waals surface area contributed by atoms with Crippen molar-refractivity contribution in [2.75, 3.05) is 13.2 Å². The number of hydrogen-bond acceptors (Lipinski definition) is 10. The summed E-state index contributed by atoms with van der Waals surface area (Å²) in [6.45, 7) is 6.86. The SMILES string of the molecule is CCOC(=O)CC(c1ccc(C)c(CN2Cc3cc(O)ccc3OS2(=O)=O)c1)c1ccc2c(nnn2CCCOc2ccccc2CO)c1C. The van der Waals surface area contributed by atoms with Gasteiger partial charge in [-0.15, -0.1) is 5.10 Å². The van der Waals surface area contributed by atoms with Crippen LogP contribution in [0.4, 0.5) is 0 Å². The van der Waals surface area contributed by atoms with Crippen molar-refractivity contribution in [1.82, 2.24) is 19.3 Å². The van der Waals surface area contributed by atoms with Crippen molar-refractivity contribution >= 4 is 27.3 Å². The zero-order valence-corrected chi connectivity index (χ0v) is 29.0. The molecule has 0 bridgehead atoms. The zero-order chi connectivity index (χ0) is 35.4. The molecule has 0 saturated heterocycles. The van der Waals surface area contributed by atoms with Crippen molar-refractivity contribution in [3.05, 3.63) is 112 Å². The monoisotopic (exact) mass is 700 g/mol. The molecule has 2 N–H and O–H groups in total. The fraction of sp³-hybridized carbons (Fsp3) is 0.324. The lowest BCUT2D eigenvalue weighted by molar-refractivity contribution is -0.143. The molecule has 12 nitrogen and oxygen atoms in total. The predicted octanol–water partition coefficient (Wildman–Crippen LogP) is 5.44. The van der Waals surface area contributed by atoms with Gasteiger partial charge in [-0.3, -0.25) is 4.79 Å². The third kappa shape index (κ3) is 7.44. The second-order valence-corrected chi connectivity index (χ2v) is 13.8. The molecule has 0 radical (unpaired) electrons. The molecule has 1 aliphatic rings. The minimum absolute atomic E-state index is 0.0216.